The van der Waals surface area contributed by atoms with E-state index < -0.39 is 39.2 Å². The highest BCUT2D eigenvalue weighted by atomic mass is 32.2. The van der Waals surface area contributed by atoms with E-state index in [9.17, 15) is 26.4 Å². The van der Waals surface area contributed by atoms with E-state index in [4.69, 9.17) is 0 Å². The van der Waals surface area contributed by atoms with Crippen LogP contribution >= 0.6 is 0 Å². The van der Waals surface area contributed by atoms with E-state index in [0.29, 0.717) is 5.39 Å². The fourth-order valence-electron chi connectivity index (χ4n) is 3.52. The minimum atomic E-state index is -3.21. The Hall–Kier alpha value is -3.15. The van der Waals surface area contributed by atoms with Crippen molar-refractivity contribution >= 4 is 32.4 Å². The number of fused-ring (bicyclic) bond motifs is 1. The predicted molar refractivity (Wildman–Crippen MR) is 109 cm³/mol. The van der Waals surface area contributed by atoms with E-state index in [1.54, 1.807) is 6.92 Å². The molecule has 0 amide bonds. The van der Waals surface area contributed by atoms with Crippen LogP contribution in [0.2, 0.25) is 0 Å². The van der Waals surface area contributed by atoms with Crippen LogP contribution in [0.25, 0.3) is 11.0 Å². The van der Waals surface area contributed by atoms with Crippen molar-refractivity contribution < 1.29 is 21.6 Å². The smallest absolute Gasteiger partial charge is 0.275 e. The van der Waals surface area contributed by atoms with Crippen molar-refractivity contribution in [2.24, 2.45) is 7.05 Å². The van der Waals surface area contributed by atoms with Crippen LogP contribution < -0.4 is 15.8 Å². The number of hydrogen-bond donors (Lipinski definition) is 1. The summed E-state index contributed by atoms with van der Waals surface area (Å²) in [5.74, 6) is -1.30. The molecule has 2 aromatic heterocycles. The molecule has 12 heteroatoms. The number of nitrogens with one attached hydrogen (secondary N) is 1. The zero-order valence-electron chi connectivity index (χ0n) is 16.5. The van der Waals surface area contributed by atoms with E-state index in [2.05, 4.69) is 15.3 Å². The molecule has 1 N–H and O–H groups in total. The summed E-state index contributed by atoms with van der Waals surface area (Å²) in [7, 11) is -1.72. The van der Waals surface area contributed by atoms with Gasteiger partial charge in [0.25, 0.3) is 12.0 Å². The number of halogens is 3. The first-order valence-corrected chi connectivity index (χ1v) is 11.0. The number of aryl methyl sites for hydroxylation is 1. The molecule has 0 saturated carbocycles. The molecule has 1 aliphatic rings. The highest BCUT2D eigenvalue weighted by molar-refractivity contribution is 7.93. The maximum Gasteiger partial charge on any atom is 0.275 e. The zero-order chi connectivity index (χ0) is 22.5. The van der Waals surface area contributed by atoms with Gasteiger partial charge in [-0.05, 0) is 13.0 Å². The Kier molecular flexibility index (Phi) is 5.12. The average molecular weight is 453 g/mol. The van der Waals surface area contributed by atoms with Crippen LogP contribution in [0.1, 0.15) is 30.5 Å². The van der Waals surface area contributed by atoms with Gasteiger partial charge in [0.2, 0.25) is 0 Å². The number of pyridine rings is 1. The molecule has 164 valence electrons. The van der Waals surface area contributed by atoms with Crippen LogP contribution in [0.3, 0.4) is 0 Å². The first-order chi connectivity index (χ1) is 14.6. The van der Waals surface area contributed by atoms with Crippen molar-refractivity contribution in [2.75, 3.05) is 22.0 Å². The lowest BCUT2D eigenvalue weighted by Gasteiger charge is -2.32. The van der Waals surface area contributed by atoms with Gasteiger partial charge in [0, 0.05) is 12.6 Å². The molecule has 1 atom stereocenters. The van der Waals surface area contributed by atoms with Gasteiger partial charge in [-0.3, -0.25) is 9.36 Å². The lowest BCUT2D eigenvalue weighted by atomic mass is 10.0. The second-order valence-electron chi connectivity index (χ2n) is 7.31. The van der Waals surface area contributed by atoms with E-state index in [1.165, 1.54) is 41.0 Å². The lowest BCUT2D eigenvalue weighted by molar-refractivity contribution is 0.146. The van der Waals surface area contributed by atoms with Gasteiger partial charge in [0.05, 0.1) is 17.0 Å². The first kappa shape index (κ1) is 21.1. The van der Waals surface area contributed by atoms with Crippen LogP contribution in [0.15, 0.2) is 35.4 Å². The molecule has 1 fully saturated rings. The molecular weight excluding hydrogens is 435 g/mol. The fourth-order valence-corrected chi connectivity index (χ4v) is 4.68. The number of rotatable bonds is 5. The summed E-state index contributed by atoms with van der Waals surface area (Å²) in [6, 6.07) is 4.52. The van der Waals surface area contributed by atoms with Crippen molar-refractivity contribution in [3.05, 3.63) is 57.9 Å². The van der Waals surface area contributed by atoms with Gasteiger partial charge in [0.1, 0.15) is 41.1 Å². The minimum Gasteiger partial charge on any atom is -0.363 e. The second kappa shape index (κ2) is 7.52. The van der Waals surface area contributed by atoms with Crippen LogP contribution in [-0.2, 0) is 16.9 Å². The largest absolute Gasteiger partial charge is 0.363 e. The van der Waals surface area contributed by atoms with Gasteiger partial charge in [0.15, 0.2) is 9.84 Å². The number of hydrogen-bond acceptors (Lipinski definition) is 7. The highest BCUT2D eigenvalue weighted by Gasteiger charge is 2.33. The molecule has 31 heavy (non-hydrogen) atoms. The number of nitrogens with zero attached hydrogens (tertiary/aromatic N) is 4. The number of benzene rings is 1. The van der Waals surface area contributed by atoms with E-state index >= 15 is 0 Å². The van der Waals surface area contributed by atoms with Gasteiger partial charge < -0.3 is 10.2 Å². The lowest BCUT2D eigenvalue weighted by Crippen LogP contribution is -2.49. The molecule has 0 aliphatic carbocycles. The predicted octanol–water partition coefficient (Wildman–Crippen LogP) is 2.73. The SMILES string of the molecule is C[C@@H](Nc1ncnc2c1cc(N1CS(=O)(=O)C1)c(=O)n2C)c1cccc(C(F)F)c1F. The summed E-state index contributed by atoms with van der Waals surface area (Å²) in [6.07, 6.45) is -1.73. The number of anilines is 2. The minimum absolute atomic E-state index is 0.0310. The fraction of sp³-hybridized carbons (Fsp3) is 0.316. The van der Waals surface area contributed by atoms with Crippen molar-refractivity contribution in [3.63, 3.8) is 0 Å². The third-order valence-corrected chi connectivity index (χ3v) is 6.55. The maximum absolute atomic E-state index is 14.5. The topological polar surface area (TPSA) is 97.2 Å². The first-order valence-electron chi connectivity index (χ1n) is 9.22. The summed E-state index contributed by atoms with van der Waals surface area (Å²) in [5.41, 5.74) is -0.633. The molecule has 4 rings (SSSR count). The highest BCUT2D eigenvalue weighted by Crippen LogP contribution is 2.31. The molecular formula is C19H18F3N5O3S. The molecule has 0 spiro atoms. The third kappa shape index (κ3) is 3.71. The molecule has 3 heterocycles. The molecule has 1 saturated heterocycles. The van der Waals surface area contributed by atoms with Crippen LogP contribution in [-0.4, -0.2) is 34.7 Å². The van der Waals surface area contributed by atoms with Crippen molar-refractivity contribution in [3.8, 4) is 0 Å². The Morgan fingerprint density at radius 3 is 2.48 bits per heavy atom. The maximum atomic E-state index is 14.5. The second-order valence-corrected chi connectivity index (χ2v) is 9.32. The van der Waals surface area contributed by atoms with Gasteiger partial charge >= 0.3 is 0 Å². The molecule has 0 unspecified atom stereocenters. The number of alkyl halides is 2. The van der Waals surface area contributed by atoms with E-state index in [-0.39, 0.29) is 34.5 Å². The zero-order valence-corrected chi connectivity index (χ0v) is 17.3. The molecule has 1 aromatic carbocycles. The van der Waals surface area contributed by atoms with Crippen LogP contribution in [0, 0.1) is 5.82 Å². The molecule has 3 aromatic rings. The monoisotopic (exact) mass is 453 g/mol. The summed E-state index contributed by atoms with van der Waals surface area (Å²) in [4.78, 5) is 22.3. The van der Waals surface area contributed by atoms with Gasteiger partial charge in [-0.25, -0.2) is 31.6 Å². The Balaban J connectivity index is 1.76. The Labute approximate surface area is 175 Å². The molecule has 1 aliphatic heterocycles. The van der Waals surface area contributed by atoms with Crippen molar-refractivity contribution in [1.82, 2.24) is 14.5 Å². The van der Waals surface area contributed by atoms with E-state index in [0.717, 1.165) is 6.07 Å². The molecule has 0 radical (unpaired) electrons. The van der Waals surface area contributed by atoms with Gasteiger partial charge in [-0.1, -0.05) is 18.2 Å². The third-order valence-electron chi connectivity index (χ3n) is 5.14. The number of sulfone groups is 1. The summed E-state index contributed by atoms with van der Waals surface area (Å²) < 4.78 is 65.0. The molecule has 8 nitrogen and oxygen atoms in total. The Morgan fingerprint density at radius 1 is 1.16 bits per heavy atom. The van der Waals surface area contributed by atoms with Crippen molar-refractivity contribution in [1.29, 1.82) is 0 Å². The quantitative estimate of drug-likeness (QED) is 0.635. The summed E-state index contributed by atoms with van der Waals surface area (Å²) >= 11 is 0. The van der Waals surface area contributed by atoms with Crippen LogP contribution in [0.5, 0.6) is 0 Å². The Morgan fingerprint density at radius 2 is 1.84 bits per heavy atom. The van der Waals surface area contributed by atoms with Gasteiger partial charge in [-0.15, -0.1) is 0 Å². The summed E-state index contributed by atoms with van der Waals surface area (Å²) in [6.45, 7) is 1.59. The molecule has 0 bridgehead atoms. The Bertz CT molecular complexity index is 1330. The van der Waals surface area contributed by atoms with E-state index in [1.807, 2.05) is 0 Å². The van der Waals surface area contributed by atoms with Crippen LogP contribution in [0.4, 0.5) is 24.7 Å². The summed E-state index contributed by atoms with van der Waals surface area (Å²) in [5, 5.41) is 3.39. The average Bonchev–Trinajstić information content (AvgIpc) is 2.69. The van der Waals surface area contributed by atoms with Crippen molar-refractivity contribution in [2.45, 2.75) is 19.4 Å². The van der Waals surface area contributed by atoms with Gasteiger partial charge in [-0.2, -0.15) is 0 Å². The normalized spacial score (nSPS) is 16.4. The standard InChI is InChI=1S/C19H18F3N5O3S/c1-10(11-4-3-5-12(15(11)20)16(21)22)25-17-13-6-14(27-8-31(29,30)9-27)19(28)26(2)18(13)24-7-23-17/h3-7,10,16H,8-9H2,1-2H3,(H,23,24,25)/t10-/m1/s1. The number of aromatic nitrogens is 3.